The van der Waals surface area contributed by atoms with Crippen LogP contribution >= 0.6 is 0 Å². The van der Waals surface area contributed by atoms with E-state index in [1.54, 1.807) is 21.0 Å². The van der Waals surface area contributed by atoms with Crippen molar-refractivity contribution in [3.8, 4) is 17.0 Å². The van der Waals surface area contributed by atoms with Crippen molar-refractivity contribution in [2.45, 2.75) is 32.8 Å². The number of rotatable bonds is 6. The quantitative estimate of drug-likeness (QED) is 0.571. The molecule has 0 saturated carbocycles. The van der Waals surface area contributed by atoms with Crippen LogP contribution in [0.15, 0.2) is 35.1 Å². The Hall–Kier alpha value is -3.39. The van der Waals surface area contributed by atoms with Gasteiger partial charge in [0.2, 0.25) is 5.43 Å². The van der Waals surface area contributed by atoms with Gasteiger partial charge < -0.3 is 24.1 Å². The molecular weight excluding hydrogens is 422 g/mol. The van der Waals surface area contributed by atoms with E-state index < -0.39 is 11.4 Å². The van der Waals surface area contributed by atoms with E-state index in [9.17, 15) is 9.59 Å². The minimum Gasteiger partial charge on any atom is -0.491 e. The number of aromatic amines is 1. The van der Waals surface area contributed by atoms with Crippen molar-refractivity contribution in [1.29, 1.82) is 0 Å². The lowest BCUT2D eigenvalue weighted by molar-refractivity contribution is 0.0525. The average Bonchev–Trinajstić information content (AvgIpc) is 2.83. The van der Waals surface area contributed by atoms with Crippen molar-refractivity contribution < 1.29 is 19.0 Å². The number of pyridine rings is 2. The lowest BCUT2D eigenvalue weighted by atomic mass is 10.0. The molecule has 3 heterocycles. The zero-order valence-corrected chi connectivity index (χ0v) is 19.4. The fourth-order valence-electron chi connectivity index (χ4n) is 4.40. The third-order valence-electron chi connectivity index (χ3n) is 6.00. The summed E-state index contributed by atoms with van der Waals surface area (Å²) in [5.74, 6) is 0.0929. The number of carbonyl (C=O) groups is 1. The van der Waals surface area contributed by atoms with Crippen LogP contribution in [0.25, 0.3) is 22.2 Å². The largest absolute Gasteiger partial charge is 0.491 e. The van der Waals surface area contributed by atoms with Gasteiger partial charge in [-0.05, 0) is 38.8 Å². The van der Waals surface area contributed by atoms with E-state index in [1.807, 2.05) is 30.3 Å². The number of hydrogen-bond acceptors (Lipinski definition) is 7. The maximum absolute atomic E-state index is 13.3. The van der Waals surface area contributed by atoms with Gasteiger partial charge in [-0.3, -0.25) is 4.79 Å². The summed E-state index contributed by atoms with van der Waals surface area (Å²) in [6.45, 7) is 5.07. The van der Waals surface area contributed by atoms with Crippen molar-refractivity contribution in [1.82, 2.24) is 9.97 Å². The number of para-hydroxylation sites is 1. The summed E-state index contributed by atoms with van der Waals surface area (Å²) in [7, 11) is 3.12. The van der Waals surface area contributed by atoms with Gasteiger partial charge in [-0.2, -0.15) is 0 Å². The van der Waals surface area contributed by atoms with Crippen molar-refractivity contribution in [2.24, 2.45) is 0 Å². The van der Waals surface area contributed by atoms with Gasteiger partial charge in [-0.15, -0.1) is 0 Å². The van der Waals surface area contributed by atoms with Gasteiger partial charge in [-0.1, -0.05) is 18.2 Å². The van der Waals surface area contributed by atoms with Crippen LogP contribution in [0.1, 0.15) is 35.8 Å². The molecule has 1 aliphatic rings. The number of esters is 1. The Morgan fingerprint density at radius 3 is 2.79 bits per heavy atom. The summed E-state index contributed by atoms with van der Waals surface area (Å²) in [5.41, 5.74) is 1.81. The smallest absolute Gasteiger partial charge is 0.344 e. The van der Waals surface area contributed by atoms with E-state index in [4.69, 9.17) is 19.2 Å². The molecule has 0 aliphatic carbocycles. The topological polar surface area (TPSA) is 93.8 Å². The van der Waals surface area contributed by atoms with E-state index in [1.165, 1.54) is 7.11 Å². The van der Waals surface area contributed by atoms with Gasteiger partial charge in [0, 0.05) is 31.1 Å². The Bertz CT molecular complexity index is 1240. The second kappa shape index (κ2) is 9.62. The highest BCUT2D eigenvalue weighted by Crippen LogP contribution is 2.35. The highest BCUT2D eigenvalue weighted by molar-refractivity contribution is 6.00. The van der Waals surface area contributed by atoms with E-state index in [0.29, 0.717) is 29.3 Å². The summed E-state index contributed by atoms with van der Waals surface area (Å²) in [4.78, 5) is 36.6. The van der Waals surface area contributed by atoms with Crippen LogP contribution in [-0.2, 0) is 9.47 Å². The number of carbonyl (C=O) groups excluding carboxylic acids is 1. The molecule has 1 aromatic carbocycles. The zero-order chi connectivity index (χ0) is 23.5. The summed E-state index contributed by atoms with van der Waals surface area (Å²) >= 11 is 0. The maximum atomic E-state index is 13.3. The number of hydrogen-bond donors (Lipinski definition) is 1. The van der Waals surface area contributed by atoms with Crippen LogP contribution in [0.3, 0.4) is 0 Å². The van der Waals surface area contributed by atoms with Gasteiger partial charge >= 0.3 is 5.97 Å². The first-order valence-corrected chi connectivity index (χ1v) is 11.1. The van der Waals surface area contributed by atoms with Gasteiger partial charge in [0.1, 0.15) is 11.4 Å². The van der Waals surface area contributed by atoms with E-state index in [2.05, 4.69) is 9.88 Å². The third-order valence-corrected chi connectivity index (χ3v) is 6.00. The summed E-state index contributed by atoms with van der Waals surface area (Å²) in [5, 5.41) is 0.903. The van der Waals surface area contributed by atoms with Gasteiger partial charge in [0.25, 0.3) is 0 Å². The Morgan fingerprint density at radius 2 is 2.06 bits per heavy atom. The monoisotopic (exact) mass is 451 g/mol. The molecule has 1 unspecified atom stereocenters. The summed E-state index contributed by atoms with van der Waals surface area (Å²) in [6, 6.07) is 9.75. The molecule has 1 N–H and O–H groups in total. The Labute approximate surface area is 192 Å². The van der Waals surface area contributed by atoms with Crippen LogP contribution in [-0.4, -0.2) is 56.0 Å². The highest BCUT2D eigenvalue weighted by Gasteiger charge is 2.29. The number of fused-ring (bicyclic) bond motifs is 1. The molecule has 3 aromatic rings. The summed E-state index contributed by atoms with van der Waals surface area (Å²) < 4.78 is 16.2. The number of piperidine rings is 1. The second-order valence-electron chi connectivity index (χ2n) is 8.08. The van der Waals surface area contributed by atoms with E-state index in [0.717, 1.165) is 30.3 Å². The van der Waals surface area contributed by atoms with Crippen molar-refractivity contribution in [3.63, 3.8) is 0 Å². The molecule has 0 amide bonds. The van der Waals surface area contributed by atoms with E-state index in [-0.39, 0.29) is 24.0 Å². The second-order valence-corrected chi connectivity index (χ2v) is 8.08. The van der Waals surface area contributed by atoms with E-state index >= 15 is 0 Å². The first-order valence-electron chi connectivity index (χ1n) is 11.1. The number of methoxy groups -OCH3 is 2. The summed E-state index contributed by atoms with van der Waals surface area (Å²) in [6.07, 6.45) is 2.01. The number of ether oxygens (including phenoxy) is 3. The van der Waals surface area contributed by atoms with Crippen LogP contribution < -0.4 is 15.1 Å². The highest BCUT2D eigenvalue weighted by atomic mass is 16.5. The van der Waals surface area contributed by atoms with Crippen molar-refractivity contribution >= 4 is 22.7 Å². The minimum absolute atomic E-state index is 0.0843. The van der Waals surface area contributed by atoms with Crippen LogP contribution in [0.4, 0.5) is 5.82 Å². The first-order chi connectivity index (χ1) is 16.0. The number of benzene rings is 1. The molecule has 4 rings (SSSR count). The maximum Gasteiger partial charge on any atom is 0.344 e. The molecule has 1 saturated heterocycles. The SMILES string of the molecule is CCOC(=O)c1c(-c2cc3ccccc3nc2N2CCCC(OC)C2)[nH]c(C)c(OC)c1=O. The first kappa shape index (κ1) is 22.8. The zero-order valence-electron chi connectivity index (χ0n) is 19.4. The molecule has 0 spiro atoms. The standard InChI is InChI=1S/C25H29N3O5/c1-5-33-25(30)20-21(26-15(2)23(32-4)22(20)29)18-13-16-9-6-7-11-19(16)27-24(18)28-12-8-10-17(14-28)31-3/h6-7,9,11,13,17H,5,8,10,12,14H2,1-4H3,(H,26,29). The normalized spacial score (nSPS) is 16.1. The molecule has 8 heteroatoms. The minimum atomic E-state index is -0.695. The molecule has 1 fully saturated rings. The average molecular weight is 452 g/mol. The lowest BCUT2D eigenvalue weighted by Gasteiger charge is -2.34. The predicted octanol–water partition coefficient (Wildman–Crippen LogP) is 3.70. The number of nitrogens with one attached hydrogen (secondary N) is 1. The molecular formula is C25H29N3O5. The Kier molecular flexibility index (Phi) is 6.65. The number of aromatic nitrogens is 2. The van der Waals surface area contributed by atoms with Crippen LogP contribution in [0, 0.1) is 6.92 Å². The molecule has 0 bridgehead atoms. The predicted molar refractivity (Wildman–Crippen MR) is 127 cm³/mol. The number of H-pyrrole nitrogens is 1. The van der Waals surface area contributed by atoms with Crippen molar-refractivity contribution in [3.05, 3.63) is 51.8 Å². The molecule has 1 aliphatic heterocycles. The van der Waals surface area contributed by atoms with Gasteiger partial charge in [0.15, 0.2) is 5.75 Å². The molecule has 8 nitrogen and oxygen atoms in total. The Balaban J connectivity index is 2.01. The third kappa shape index (κ3) is 4.30. The lowest BCUT2D eigenvalue weighted by Crippen LogP contribution is -2.40. The van der Waals surface area contributed by atoms with Crippen LogP contribution in [0.2, 0.25) is 0 Å². The molecule has 2 aromatic heterocycles. The molecule has 1 atom stereocenters. The van der Waals surface area contributed by atoms with Crippen LogP contribution in [0.5, 0.6) is 5.75 Å². The number of aryl methyl sites for hydroxylation is 1. The number of anilines is 1. The fourth-order valence-corrected chi connectivity index (χ4v) is 4.40. The van der Waals surface area contributed by atoms with Crippen molar-refractivity contribution in [2.75, 3.05) is 38.8 Å². The molecule has 174 valence electrons. The Morgan fingerprint density at radius 1 is 1.27 bits per heavy atom. The van der Waals surface area contributed by atoms with Gasteiger partial charge in [0.05, 0.1) is 36.7 Å². The molecule has 33 heavy (non-hydrogen) atoms. The van der Waals surface area contributed by atoms with Gasteiger partial charge in [-0.25, -0.2) is 9.78 Å². The fraction of sp³-hybridized carbons (Fsp3) is 0.400. The number of nitrogens with zero attached hydrogens (tertiary/aromatic N) is 2. The molecule has 0 radical (unpaired) electrons.